The highest BCUT2D eigenvalue weighted by Crippen LogP contribution is 2.15. The molecule has 1 heterocycles. The molecule has 3 N–H and O–H groups in total. The first kappa shape index (κ1) is 14.5. The second-order valence-corrected chi connectivity index (χ2v) is 6.85. The number of sulfonamides is 1. The van der Waals surface area contributed by atoms with E-state index in [1.54, 1.807) is 24.3 Å². The second-order valence-electron chi connectivity index (χ2n) is 5.29. The molecule has 1 saturated heterocycles. The standard InChI is InChI=1S/C13H21N3O2S/c1-10-7-12(9-16(10)2)15-8-11-3-5-13(6-4-11)19(14,17)18/h3-6,10,12,15H,7-9H2,1-2H3,(H2,14,17,18). The SMILES string of the molecule is CC1CC(NCc2ccc(S(N)(=O)=O)cc2)CN1C. The molecule has 0 aliphatic carbocycles. The van der Waals surface area contributed by atoms with Crippen molar-refractivity contribution in [3.63, 3.8) is 0 Å². The Balaban J connectivity index is 1.91. The van der Waals surface area contributed by atoms with Crippen LogP contribution in [0.2, 0.25) is 0 Å². The molecule has 0 radical (unpaired) electrons. The van der Waals surface area contributed by atoms with Crippen LogP contribution in [0.3, 0.4) is 0 Å². The average Bonchev–Trinajstić information content (AvgIpc) is 2.66. The van der Waals surface area contributed by atoms with Crippen molar-refractivity contribution >= 4 is 10.0 Å². The van der Waals surface area contributed by atoms with E-state index in [1.165, 1.54) is 0 Å². The van der Waals surface area contributed by atoms with Crippen LogP contribution >= 0.6 is 0 Å². The molecular formula is C13H21N3O2S. The normalized spacial score (nSPS) is 24.8. The maximum absolute atomic E-state index is 11.1. The molecule has 0 bridgehead atoms. The lowest BCUT2D eigenvalue weighted by Gasteiger charge is -2.13. The molecule has 1 aliphatic heterocycles. The molecule has 2 atom stereocenters. The Morgan fingerprint density at radius 2 is 2.00 bits per heavy atom. The van der Waals surface area contributed by atoms with Gasteiger partial charge in [-0.3, -0.25) is 0 Å². The lowest BCUT2D eigenvalue weighted by molar-refractivity contribution is 0.326. The molecule has 1 aromatic carbocycles. The zero-order valence-corrected chi connectivity index (χ0v) is 12.2. The first-order chi connectivity index (χ1) is 8.86. The van der Waals surface area contributed by atoms with E-state index in [4.69, 9.17) is 5.14 Å². The van der Waals surface area contributed by atoms with Gasteiger partial charge in [-0.05, 0) is 38.1 Å². The minimum absolute atomic E-state index is 0.158. The maximum atomic E-state index is 11.1. The molecular weight excluding hydrogens is 262 g/mol. The molecule has 0 aromatic heterocycles. The fourth-order valence-corrected chi connectivity index (χ4v) is 2.92. The summed E-state index contributed by atoms with van der Waals surface area (Å²) in [5.41, 5.74) is 1.06. The fraction of sp³-hybridized carbons (Fsp3) is 0.538. The van der Waals surface area contributed by atoms with Gasteiger partial charge < -0.3 is 10.2 Å². The van der Waals surface area contributed by atoms with Crippen molar-refractivity contribution in [3.8, 4) is 0 Å². The van der Waals surface area contributed by atoms with Gasteiger partial charge >= 0.3 is 0 Å². The zero-order chi connectivity index (χ0) is 14.0. The first-order valence-corrected chi connectivity index (χ1v) is 7.96. The maximum Gasteiger partial charge on any atom is 0.238 e. The quantitative estimate of drug-likeness (QED) is 0.844. The van der Waals surface area contributed by atoms with Crippen molar-refractivity contribution in [2.45, 2.75) is 36.9 Å². The van der Waals surface area contributed by atoms with Crippen LogP contribution in [0.25, 0.3) is 0 Å². The molecule has 6 heteroatoms. The predicted octanol–water partition coefficient (Wildman–Crippen LogP) is 0.516. The number of likely N-dealkylation sites (N-methyl/N-ethyl adjacent to an activating group) is 1. The largest absolute Gasteiger partial charge is 0.309 e. The van der Waals surface area contributed by atoms with Crippen LogP contribution in [0.1, 0.15) is 18.9 Å². The Bertz CT molecular complexity index is 517. The van der Waals surface area contributed by atoms with Crippen LogP contribution in [0.4, 0.5) is 0 Å². The van der Waals surface area contributed by atoms with E-state index in [0.29, 0.717) is 12.1 Å². The third-order valence-electron chi connectivity index (χ3n) is 3.73. The molecule has 2 rings (SSSR count). The lowest BCUT2D eigenvalue weighted by Crippen LogP contribution is -2.31. The van der Waals surface area contributed by atoms with E-state index in [9.17, 15) is 8.42 Å². The third-order valence-corrected chi connectivity index (χ3v) is 4.66. The first-order valence-electron chi connectivity index (χ1n) is 6.41. The minimum Gasteiger partial charge on any atom is -0.309 e. The Kier molecular flexibility index (Phi) is 4.25. The smallest absolute Gasteiger partial charge is 0.238 e. The number of rotatable bonds is 4. The number of primary sulfonamides is 1. The molecule has 0 saturated carbocycles. The molecule has 0 amide bonds. The highest BCUT2D eigenvalue weighted by molar-refractivity contribution is 7.89. The van der Waals surface area contributed by atoms with Crippen LogP contribution in [0.15, 0.2) is 29.2 Å². The third kappa shape index (κ3) is 3.76. The Labute approximate surface area is 114 Å². The van der Waals surface area contributed by atoms with E-state index in [1.807, 2.05) is 0 Å². The van der Waals surface area contributed by atoms with E-state index >= 15 is 0 Å². The van der Waals surface area contributed by atoms with Crippen LogP contribution in [0, 0.1) is 0 Å². The molecule has 1 fully saturated rings. The van der Waals surface area contributed by atoms with Crippen LogP contribution in [-0.4, -0.2) is 39.0 Å². The molecule has 5 nitrogen and oxygen atoms in total. The second kappa shape index (κ2) is 5.58. The fourth-order valence-electron chi connectivity index (χ4n) is 2.40. The van der Waals surface area contributed by atoms with Gasteiger partial charge in [-0.2, -0.15) is 0 Å². The summed E-state index contributed by atoms with van der Waals surface area (Å²) in [5, 5.41) is 8.56. The number of nitrogens with zero attached hydrogens (tertiary/aromatic N) is 1. The van der Waals surface area contributed by atoms with Crippen molar-refractivity contribution in [2.24, 2.45) is 5.14 Å². The highest BCUT2D eigenvalue weighted by atomic mass is 32.2. The average molecular weight is 283 g/mol. The number of hydrogen-bond donors (Lipinski definition) is 2. The summed E-state index contributed by atoms with van der Waals surface area (Å²) in [6.07, 6.45) is 1.14. The van der Waals surface area contributed by atoms with E-state index < -0.39 is 10.0 Å². The van der Waals surface area contributed by atoms with Crippen LogP contribution in [0.5, 0.6) is 0 Å². The van der Waals surface area contributed by atoms with Gasteiger partial charge in [0.05, 0.1) is 4.90 Å². The minimum atomic E-state index is -3.59. The van der Waals surface area contributed by atoms with Gasteiger partial charge in [0.2, 0.25) is 10.0 Å². The van der Waals surface area contributed by atoms with E-state index in [2.05, 4.69) is 24.2 Å². The number of hydrogen-bond acceptors (Lipinski definition) is 4. The predicted molar refractivity (Wildman–Crippen MR) is 75.2 cm³/mol. The summed E-state index contributed by atoms with van der Waals surface area (Å²) in [4.78, 5) is 2.49. The summed E-state index contributed by atoms with van der Waals surface area (Å²) in [7, 11) is -1.46. The number of likely N-dealkylation sites (tertiary alicyclic amines) is 1. The van der Waals surface area contributed by atoms with E-state index in [0.717, 1.165) is 25.1 Å². The van der Waals surface area contributed by atoms with Gasteiger partial charge in [0.25, 0.3) is 0 Å². The summed E-state index contributed by atoms with van der Waals surface area (Å²) in [6.45, 7) is 4.02. The van der Waals surface area contributed by atoms with Gasteiger partial charge in [0.15, 0.2) is 0 Å². The summed E-state index contributed by atoms with van der Waals surface area (Å²) >= 11 is 0. The Morgan fingerprint density at radius 3 is 2.47 bits per heavy atom. The molecule has 1 aliphatic rings. The summed E-state index contributed by atoms with van der Waals surface area (Å²) < 4.78 is 22.3. The van der Waals surface area contributed by atoms with Crippen molar-refractivity contribution in [1.82, 2.24) is 10.2 Å². The monoisotopic (exact) mass is 283 g/mol. The van der Waals surface area contributed by atoms with Crippen LogP contribution < -0.4 is 10.5 Å². The summed E-state index contributed by atoms with van der Waals surface area (Å²) in [6, 6.07) is 7.81. The lowest BCUT2D eigenvalue weighted by atomic mass is 10.1. The molecule has 1 aromatic rings. The van der Waals surface area contributed by atoms with Gasteiger partial charge in [-0.25, -0.2) is 13.6 Å². The van der Waals surface area contributed by atoms with Gasteiger partial charge in [0.1, 0.15) is 0 Å². The molecule has 106 valence electrons. The molecule has 2 unspecified atom stereocenters. The van der Waals surface area contributed by atoms with Crippen LogP contribution in [-0.2, 0) is 16.6 Å². The number of benzene rings is 1. The highest BCUT2D eigenvalue weighted by Gasteiger charge is 2.25. The summed E-state index contributed by atoms with van der Waals surface area (Å²) in [5.74, 6) is 0. The van der Waals surface area contributed by atoms with Crippen molar-refractivity contribution in [1.29, 1.82) is 0 Å². The van der Waals surface area contributed by atoms with E-state index in [-0.39, 0.29) is 4.90 Å². The topological polar surface area (TPSA) is 75.4 Å². The van der Waals surface area contributed by atoms with Crippen molar-refractivity contribution in [3.05, 3.63) is 29.8 Å². The number of nitrogens with two attached hydrogens (primary N) is 1. The van der Waals surface area contributed by atoms with Gasteiger partial charge in [-0.1, -0.05) is 12.1 Å². The zero-order valence-electron chi connectivity index (χ0n) is 11.3. The van der Waals surface area contributed by atoms with Gasteiger partial charge in [-0.15, -0.1) is 0 Å². The molecule has 19 heavy (non-hydrogen) atoms. The molecule has 0 spiro atoms. The van der Waals surface area contributed by atoms with Crippen molar-refractivity contribution in [2.75, 3.05) is 13.6 Å². The Hall–Kier alpha value is -0.950. The number of nitrogens with one attached hydrogen (secondary N) is 1. The Morgan fingerprint density at radius 1 is 1.37 bits per heavy atom. The van der Waals surface area contributed by atoms with Crippen molar-refractivity contribution < 1.29 is 8.42 Å². The van der Waals surface area contributed by atoms with Gasteiger partial charge in [0, 0.05) is 25.2 Å².